The highest BCUT2D eigenvalue weighted by Crippen LogP contribution is 2.49. The molecule has 6 rings (SSSR count). The first kappa shape index (κ1) is 22.9. The molecule has 6 nitrogen and oxygen atoms in total. The topological polar surface area (TPSA) is 68.2 Å². The third kappa shape index (κ3) is 4.21. The van der Waals surface area contributed by atoms with Gasteiger partial charge in [0.25, 0.3) is 11.8 Å². The van der Waals surface area contributed by atoms with Crippen LogP contribution in [0.25, 0.3) is 0 Å². The molecule has 1 heterocycles. The van der Waals surface area contributed by atoms with E-state index in [1.165, 1.54) is 6.21 Å². The number of nitrogens with zero attached hydrogens (tertiary/aromatic N) is 2. The van der Waals surface area contributed by atoms with Crippen LogP contribution in [0.5, 0.6) is 11.5 Å². The van der Waals surface area contributed by atoms with E-state index in [1.54, 1.807) is 30.3 Å². The molecule has 2 amide bonds. The van der Waals surface area contributed by atoms with E-state index in [1.807, 2.05) is 13.0 Å². The van der Waals surface area contributed by atoms with Gasteiger partial charge in [0.2, 0.25) is 0 Å². The zero-order valence-corrected chi connectivity index (χ0v) is 20.1. The van der Waals surface area contributed by atoms with Gasteiger partial charge in [-0.3, -0.25) is 9.59 Å². The van der Waals surface area contributed by atoms with Gasteiger partial charge in [0.1, 0.15) is 6.61 Å². The molecule has 2 fully saturated rings. The maximum atomic E-state index is 12.9. The van der Waals surface area contributed by atoms with Crippen molar-refractivity contribution in [2.24, 2.45) is 28.8 Å². The van der Waals surface area contributed by atoms with E-state index >= 15 is 0 Å². The van der Waals surface area contributed by atoms with Crippen LogP contribution in [0.1, 0.15) is 30.9 Å². The summed E-state index contributed by atoms with van der Waals surface area (Å²) >= 11 is 12.2. The van der Waals surface area contributed by atoms with Crippen LogP contribution < -0.4 is 9.47 Å². The third-order valence-corrected chi connectivity index (χ3v) is 7.31. The van der Waals surface area contributed by atoms with Gasteiger partial charge in [0.05, 0.1) is 24.7 Å². The number of allylic oxidation sites excluding steroid dienone is 2. The van der Waals surface area contributed by atoms with Crippen LogP contribution in [-0.2, 0) is 16.2 Å². The quantitative estimate of drug-likeness (QED) is 0.287. The predicted octanol–water partition coefficient (Wildman–Crippen LogP) is 5.50. The minimum atomic E-state index is -0.275. The molecule has 1 saturated heterocycles. The van der Waals surface area contributed by atoms with E-state index in [0.717, 1.165) is 23.4 Å². The minimum Gasteiger partial charge on any atom is -0.490 e. The van der Waals surface area contributed by atoms with Crippen LogP contribution >= 0.6 is 23.2 Å². The summed E-state index contributed by atoms with van der Waals surface area (Å²) in [5.74, 6) is 0.415. The van der Waals surface area contributed by atoms with Gasteiger partial charge < -0.3 is 9.47 Å². The highest BCUT2D eigenvalue weighted by atomic mass is 35.5. The Balaban J connectivity index is 1.32. The molecule has 8 heteroatoms. The molecule has 3 aliphatic carbocycles. The predicted molar refractivity (Wildman–Crippen MR) is 130 cm³/mol. The van der Waals surface area contributed by atoms with Gasteiger partial charge in [-0.05, 0) is 67.5 Å². The average molecular weight is 499 g/mol. The Morgan fingerprint density at radius 1 is 0.971 bits per heavy atom. The summed E-state index contributed by atoms with van der Waals surface area (Å²) in [7, 11) is 0. The van der Waals surface area contributed by atoms with Gasteiger partial charge in [0, 0.05) is 15.6 Å². The number of benzene rings is 2. The summed E-state index contributed by atoms with van der Waals surface area (Å²) in [4.78, 5) is 25.9. The zero-order valence-electron chi connectivity index (χ0n) is 18.6. The fraction of sp³-hybridized carbons (Fsp3) is 0.346. The van der Waals surface area contributed by atoms with Crippen molar-refractivity contribution in [3.05, 3.63) is 69.7 Å². The fourth-order valence-electron chi connectivity index (χ4n) is 5.08. The van der Waals surface area contributed by atoms with Crippen molar-refractivity contribution in [1.29, 1.82) is 0 Å². The van der Waals surface area contributed by atoms with Gasteiger partial charge in [0.15, 0.2) is 11.5 Å². The number of hydrogen-bond donors (Lipinski definition) is 0. The minimum absolute atomic E-state index is 0.141. The van der Waals surface area contributed by atoms with Crippen molar-refractivity contribution in [3.63, 3.8) is 0 Å². The van der Waals surface area contributed by atoms with E-state index in [-0.39, 0.29) is 42.1 Å². The first-order chi connectivity index (χ1) is 16.5. The van der Waals surface area contributed by atoms with Crippen molar-refractivity contribution in [2.75, 3.05) is 6.61 Å². The Hall–Kier alpha value is -2.83. The van der Waals surface area contributed by atoms with E-state index in [0.29, 0.717) is 33.7 Å². The van der Waals surface area contributed by atoms with Crippen molar-refractivity contribution < 1.29 is 19.1 Å². The Kier molecular flexibility index (Phi) is 6.36. The second-order valence-corrected chi connectivity index (χ2v) is 9.58. The fourth-order valence-corrected chi connectivity index (χ4v) is 5.55. The maximum Gasteiger partial charge on any atom is 0.254 e. The number of fused-ring (bicyclic) bond motifs is 1. The molecule has 1 aliphatic heterocycles. The zero-order chi connectivity index (χ0) is 23.8. The Labute approximate surface area is 208 Å². The van der Waals surface area contributed by atoms with E-state index in [9.17, 15) is 9.59 Å². The molecule has 176 valence electrons. The van der Waals surface area contributed by atoms with Crippen molar-refractivity contribution in [1.82, 2.24) is 5.01 Å². The van der Waals surface area contributed by atoms with Crippen LogP contribution in [0.2, 0.25) is 10.0 Å². The lowest BCUT2D eigenvalue weighted by atomic mass is 9.63. The maximum absolute atomic E-state index is 12.9. The number of hydrazone groups is 1. The van der Waals surface area contributed by atoms with Crippen LogP contribution in [0.4, 0.5) is 0 Å². The molecule has 34 heavy (non-hydrogen) atoms. The number of hydrogen-bond acceptors (Lipinski definition) is 5. The normalized spacial score (nSPS) is 25.3. The van der Waals surface area contributed by atoms with E-state index in [4.69, 9.17) is 32.7 Å². The van der Waals surface area contributed by atoms with Crippen molar-refractivity contribution in [2.45, 2.75) is 26.4 Å². The lowest BCUT2D eigenvalue weighted by Crippen LogP contribution is -2.38. The van der Waals surface area contributed by atoms with Gasteiger partial charge >= 0.3 is 0 Å². The molecule has 1 saturated carbocycles. The van der Waals surface area contributed by atoms with Gasteiger partial charge in [-0.1, -0.05) is 41.4 Å². The summed E-state index contributed by atoms with van der Waals surface area (Å²) in [6.07, 6.45) is 7.62. The molecular formula is C26H24Cl2N2O4. The monoisotopic (exact) mass is 498 g/mol. The molecule has 0 radical (unpaired) electrons. The van der Waals surface area contributed by atoms with Crippen LogP contribution in [0, 0.1) is 23.7 Å². The van der Waals surface area contributed by atoms with Crippen LogP contribution in [0.3, 0.4) is 0 Å². The molecular weight excluding hydrogens is 475 g/mol. The molecule has 0 unspecified atom stereocenters. The first-order valence-electron chi connectivity index (χ1n) is 11.4. The number of amides is 2. The molecule has 4 atom stereocenters. The van der Waals surface area contributed by atoms with Crippen molar-refractivity contribution in [3.8, 4) is 11.5 Å². The van der Waals surface area contributed by atoms with Gasteiger partial charge in [-0.25, -0.2) is 0 Å². The Bertz CT molecular complexity index is 1160. The molecule has 0 N–H and O–H groups in total. The highest BCUT2D eigenvalue weighted by Gasteiger charge is 2.56. The largest absolute Gasteiger partial charge is 0.490 e. The number of carbonyl (C=O) groups is 2. The Morgan fingerprint density at radius 2 is 1.68 bits per heavy atom. The molecule has 2 aromatic carbocycles. The van der Waals surface area contributed by atoms with E-state index in [2.05, 4.69) is 17.3 Å². The SMILES string of the molecule is CCOc1cc(/C=N\N2C(=O)[C@@H]3[C@H](C2=O)[C@@H]2C=C[C@@H]3CC2)ccc1OCc1ccc(Cl)cc1Cl. The number of imide groups is 1. The third-order valence-electron chi connectivity index (χ3n) is 6.72. The second-order valence-electron chi connectivity index (χ2n) is 8.74. The summed E-state index contributed by atoms with van der Waals surface area (Å²) in [6.45, 7) is 2.58. The Morgan fingerprint density at radius 3 is 2.29 bits per heavy atom. The lowest BCUT2D eigenvalue weighted by Gasteiger charge is -2.37. The lowest BCUT2D eigenvalue weighted by molar-refractivity contribution is -0.140. The number of carbonyl (C=O) groups excluding carboxylic acids is 2. The summed E-state index contributed by atoms with van der Waals surface area (Å²) < 4.78 is 11.7. The molecule has 0 spiro atoms. The summed E-state index contributed by atoms with van der Waals surface area (Å²) in [5, 5.41) is 6.42. The first-order valence-corrected chi connectivity index (χ1v) is 12.2. The number of rotatable bonds is 7. The van der Waals surface area contributed by atoms with Crippen LogP contribution in [-0.4, -0.2) is 29.6 Å². The van der Waals surface area contributed by atoms with Gasteiger partial charge in [-0.2, -0.15) is 10.1 Å². The highest BCUT2D eigenvalue weighted by molar-refractivity contribution is 6.35. The molecule has 2 bridgehead atoms. The summed E-state index contributed by atoms with van der Waals surface area (Å²) in [5.41, 5.74) is 1.49. The smallest absolute Gasteiger partial charge is 0.254 e. The number of halogens is 2. The van der Waals surface area contributed by atoms with E-state index < -0.39 is 0 Å². The van der Waals surface area contributed by atoms with Gasteiger partial charge in [-0.15, -0.1) is 0 Å². The van der Waals surface area contributed by atoms with Crippen molar-refractivity contribution >= 4 is 41.2 Å². The average Bonchev–Trinajstić information content (AvgIpc) is 3.11. The molecule has 0 aromatic heterocycles. The molecule has 2 aromatic rings. The standard InChI is InChI=1S/C26H24Cl2N2O4/c1-2-33-22-11-15(3-10-21(22)34-14-18-8-9-19(27)12-20(18)28)13-29-30-25(31)23-16-4-5-17(7-6-16)24(23)26(30)32/h3-5,8-13,16-17,23-24H,2,6-7,14H2,1H3/b29-13-/t16-,17-,23-,24+/m1/s1. The van der Waals surface area contributed by atoms with Crippen LogP contribution in [0.15, 0.2) is 53.7 Å². The summed E-state index contributed by atoms with van der Waals surface area (Å²) in [6, 6.07) is 10.6. The second kappa shape index (κ2) is 9.43. The number of ether oxygens (including phenoxy) is 2. The molecule has 4 aliphatic rings.